The fraction of sp³-hybridized carbons (Fsp3) is 0.0909. The Kier molecular flexibility index (Phi) is 3.03. The zero-order valence-electron chi connectivity index (χ0n) is 8.40. The molecule has 1 aromatic heterocycles. The van der Waals surface area contributed by atoms with Crippen molar-refractivity contribution < 1.29 is 0 Å². The summed E-state index contributed by atoms with van der Waals surface area (Å²) in [5, 5.41) is 0.583. The van der Waals surface area contributed by atoms with E-state index in [-0.39, 0.29) is 12.1 Å². The maximum Gasteiger partial charge on any atom is 0.258 e. The molecule has 0 radical (unpaired) electrons. The highest BCUT2D eigenvalue weighted by atomic mass is 35.5. The minimum atomic E-state index is -0.210. The molecule has 1 aromatic carbocycles. The number of aromatic nitrogens is 2. The van der Waals surface area contributed by atoms with Crippen LogP contribution >= 0.6 is 11.6 Å². The third kappa shape index (κ3) is 2.13. The van der Waals surface area contributed by atoms with Crippen LogP contribution in [0.1, 0.15) is 5.82 Å². The van der Waals surface area contributed by atoms with Crippen molar-refractivity contribution in [3.63, 3.8) is 0 Å². The summed E-state index contributed by atoms with van der Waals surface area (Å²) < 4.78 is 0. The lowest BCUT2D eigenvalue weighted by atomic mass is 10.1. The molecule has 0 unspecified atom stereocenters. The van der Waals surface area contributed by atoms with Gasteiger partial charge in [-0.3, -0.25) is 4.79 Å². The van der Waals surface area contributed by atoms with Crippen LogP contribution in [-0.4, -0.2) is 9.97 Å². The predicted molar refractivity (Wildman–Crippen MR) is 63.2 cm³/mol. The molecule has 2 rings (SSSR count). The highest BCUT2D eigenvalue weighted by molar-refractivity contribution is 6.30. The van der Waals surface area contributed by atoms with Gasteiger partial charge in [-0.05, 0) is 17.7 Å². The molecule has 0 bridgehead atoms. The van der Waals surface area contributed by atoms with E-state index in [1.807, 2.05) is 0 Å². The molecule has 82 valence electrons. The molecule has 0 saturated heterocycles. The summed E-state index contributed by atoms with van der Waals surface area (Å²) in [4.78, 5) is 18.4. The molecular weight excluding hydrogens is 226 g/mol. The number of aromatic amines is 1. The Hall–Kier alpha value is -1.65. The number of nitrogens with one attached hydrogen (secondary N) is 1. The number of rotatable bonds is 2. The van der Waals surface area contributed by atoms with Crippen LogP contribution < -0.4 is 11.3 Å². The van der Waals surface area contributed by atoms with Gasteiger partial charge in [0, 0.05) is 11.2 Å². The molecule has 0 aliphatic rings. The Morgan fingerprint density at radius 1 is 1.44 bits per heavy atom. The molecule has 16 heavy (non-hydrogen) atoms. The van der Waals surface area contributed by atoms with Crippen molar-refractivity contribution in [2.24, 2.45) is 5.73 Å². The average Bonchev–Trinajstić information content (AvgIpc) is 2.28. The molecule has 4 nitrogen and oxygen atoms in total. The molecule has 3 N–H and O–H groups in total. The van der Waals surface area contributed by atoms with E-state index < -0.39 is 0 Å². The molecule has 0 aliphatic carbocycles. The van der Waals surface area contributed by atoms with Gasteiger partial charge in [0.25, 0.3) is 5.56 Å². The Morgan fingerprint density at radius 3 is 2.88 bits per heavy atom. The second-order valence-corrected chi connectivity index (χ2v) is 3.72. The first-order valence-electron chi connectivity index (χ1n) is 4.75. The minimum Gasteiger partial charge on any atom is -0.324 e. The second kappa shape index (κ2) is 4.47. The smallest absolute Gasteiger partial charge is 0.258 e. The van der Waals surface area contributed by atoms with Crippen LogP contribution in [0.25, 0.3) is 11.1 Å². The van der Waals surface area contributed by atoms with E-state index in [2.05, 4.69) is 9.97 Å². The number of nitrogens with zero attached hydrogens (tertiary/aromatic N) is 1. The van der Waals surface area contributed by atoms with E-state index in [1.54, 1.807) is 24.3 Å². The molecule has 0 spiro atoms. The maximum absolute atomic E-state index is 11.7. The van der Waals surface area contributed by atoms with E-state index in [1.165, 1.54) is 6.20 Å². The molecule has 1 heterocycles. The van der Waals surface area contributed by atoms with E-state index in [9.17, 15) is 4.79 Å². The summed E-state index contributed by atoms with van der Waals surface area (Å²) in [6.07, 6.45) is 1.51. The van der Waals surface area contributed by atoms with Crippen LogP contribution in [-0.2, 0) is 6.54 Å². The highest BCUT2D eigenvalue weighted by Gasteiger charge is 2.04. The third-order valence-electron chi connectivity index (χ3n) is 2.18. The first-order valence-corrected chi connectivity index (χ1v) is 5.12. The molecule has 0 amide bonds. The zero-order valence-corrected chi connectivity index (χ0v) is 9.16. The number of hydrogen-bond acceptors (Lipinski definition) is 3. The maximum atomic E-state index is 11.7. The Labute approximate surface area is 97.1 Å². The van der Waals surface area contributed by atoms with Gasteiger partial charge in [-0.1, -0.05) is 23.7 Å². The fourth-order valence-corrected chi connectivity index (χ4v) is 1.59. The summed E-state index contributed by atoms with van der Waals surface area (Å²) in [6.45, 7) is 0.213. The fourth-order valence-electron chi connectivity index (χ4n) is 1.40. The SMILES string of the molecule is NCc1ncc(-c2cccc(Cl)c2)c(=O)[nH]1. The van der Waals surface area contributed by atoms with Crippen LogP contribution in [0.2, 0.25) is 5.02 Å². The predicted octanol–water partition coefficient (Wildman–Crippen LogP) is 1.55. The Bertz CT molecular complexity index is 565. The van der Waals surface area contributed by atoms with E-state index in [0.717, 1.165) is 5.56 Å². The van der Waals surface area contributed by atoms with Crippen molar-refractivity contribution in [2.45, 2.75) is 6.54 Å². The number of benzene rings is 1. The number of H-pyrrole nitrogens is 1. The molecule has 2 aromatic rings. The lowest BCUT2D eigenvalue weighted by molar-refractivity contribution is 0.895. The molecule has 5 heteroatoms. The standard InChI is InChI=1S/C11H10ClN3O/c12-8-3-1-2-7(4-8)9-6-14-10(5-13)15-11(9)16/h1-4,6H,5,13H2,(H,14,15,16). The van der Waals surface area contributed by atoms with Gasteiger partial charge in [-0.2, -0.15) is 0 Å². The number of nitrogens with two attached hydrogens (primary N) is 1. The van der Waals surface area contributed by atoms with Crippen molar-refractivity contribution in [3.05, 3.63) is 51.7 Å². The lowest BCUT2D eigenvalue weighted by Gasteiger charge is -2.02. The Morgan fingerprint density at radius 2 is 2.25 bits per heavy atom. The third-order valence-corrected chi connectivity index (χ3v) is 2.42. The molecule has 0 atom stereocenters. The molecule has 0 saturated carbocycles. The van der Waals surface area contributed by atoms with E-state index in [0.29, 0.717) is 16.4 Å². The normalized spacial score (nSPS) is 10.4. The van der Waals surface area contributed by atoms with Crippen LogP contribution in [0.3, 0.4) is 0 Å². The van der Waals surface area contributed by atoms with Crippen molar-refractivity contribution in [1.82, 2.24) is 9.97 Å². The summed E-state index contributed by atoms with van der Waals surface area (Å²) in [5.74, 6) is 0.468. The number of halogens is 1. The van der Waals surface area contributed by atoms with E-state index in [4.69, 9.17) is 17.3 Å². The van der Waals surface area contributed by atoms with Crippen molar-refractivity contribution in [1.29, 1.82) is 0 Å². The Balaban J connectivity index is 2.53. The minimum absolute atomic E-state index is 0.210. The van der Waals surface area contributed by atoms with Crippen LogP contribution in [0, 0.1) is 0 Å². The van der Waals surface area contributed by atoms with Crippen LogP contribution in [0.4, 0.5) is 0 Å². The van der Waals surface area contributed by atoms with Gasteiger partial charge >= 0.3 is 0 Å². The van der Waals surface area contributed by atoms with Gasteiger partial charge in [0.2, 0.25) is 0 Å². The largest absolute Gasteiger partial charge is 0.324 e. The van der Waals surface area contributed by atoms with Crippen LogP contribution in [0.15, 0.2) is 35.3 Å². The van der Waals surface area contributed by atoms with Gasteiger partial charge in [0.15, 0.2) is 0 Å². The first-order chi connectivity index (χ1) is 7.70. The quantitative estimate of drug-likeness (QED) is 0.830. The van der Waals surface area contributed by atoms with Gasteiger partial charge in [0.1, 0.15) is 5.82 Å². The lowest BCUT2D eigenvalue weighted by Crippen LogP contribution is -2.15. The molecule has 0 fully saturated rings. The first kappa shape index (κ1) is 10.9. The van der Waals surface area contributed by atoms with Gasteiger partial charge in [-0.15, -0.1) is 0 Å². The summed E-state index contributed by atoms with van der Waals surface area (Å²) >= 11 is 5.85. The second-order valence-electron chi connectivity index (χ2n) is 3.29. The van der Waals surface area contributed by atoms with Crippen molar-refractivity contribution in [2.75, 3.05) is 0 Å². The van der Waals surface area contributed by atoms with Crippen molar-refractivity contribution >= 4 is 11.6 Å². The van der Waals surface area contributed by atoms with Crippen LogP contribution in [0.5, 0.6) is 0 Å². The summed E-state index contributed by atoms with van der Waals surface area (Å²) in [6, 6.07) is 7.06. The van der Waals surface area contributed by atoms with Crippen molar-refractivity contribution in [3.8, 4) is 11.1 Å². The highest BCUT2D eigenvalue weighted by Crippen LogP contribution is 2.18. The molecule has 0 aliphatic heterocycles. The molecular formula is C11H10ClN3O. The summed E-state index contributed by atoms with van der Waals surface area (Å²) in [7, 11) is 0. The topological polar surface area (TPSA) is 71.8 Å². The average molecular weight is 236 g/mol. The van der Waals surface area contributed by atoms with Gasteiger partial charge in [0.05, 0.1) is 12.1 Å². The zero-order chi connectivity index (χ0) is 11.5. The van der Waals surface area contributed by atoms with E-state index >= 15 is 0 Å². The van der Waals surface area contributed by atoms with Gasteiger partial charge < -0.3 is 10.7 Å². The van der Waals surface area contributed by atoms with Gasteiger partial charge in [-0.25, -0.2) is 4.98 Å². The number of hydrogen-bond donors (Lipinski definition) is 2. The summed E-state index contributed by atoms with van der Waals surface area (Å²) in [5.41, 5.74) is 6.39. The monoisotopic (exact) mass is 235 g/mol.